The van der Waals surface area contributed by atoms with Crippen LogP contribution < -0.4 is 0 Å². The number of hydrogen-bond acceptors (Lipinski definition) is 2. The first kappa shape index (κ1) is 12.5. The van der Waals surface area contributed by atoms with Gasteiger partial charge in [0.1, 0.15) is 11.0 Å². The number of rotatable bonds is 2. The number of nitrogens with zero attached hydrogens (tertiary/aromatic N) is 2. The van der Waals surface area contributed by atoms with Crippen LogP contribution in [0.1, 0.15) is 30.1 Å². The zero-order valence-corrected chi connectivity index (χ0v) is 11.0. The van der Waals surface area contributed by atoms with E-state index in [1.54, 1.807) is 6.92 Å². The highest BCUT2D eigenvalue weighted by atomic mass is 35.5. The SMILES string of the molecule is Cc1c(Cl)nc(C2CC2)nc1-c1cccc(F)c1F. The molecule has 5 heteroatoms. The van der Waals surface area contributed by atoms with Gasteiger partial charge in [0.15, 0.2) is 11.6 Å². The van der Waals surface area contributed by atoms with Crippen molar-refractivity contribution in [3.05, 3.63) is 46.4 Å². The third kappa shape index (κ3) is 2.21. The summed E-state index contributed by atoms with van der Waals surface area (Å²) in [6.45, 7) is 1.71. The van der Waals surface area contributed by atoms with Crippen LogP contribution in [0.2, 0.25) is 5.15 Å². The van der Waals surface area contributed by atoms with Crippen LogP contribution in [0, 0.1) is 18.6 Å². The summed E-state index contributed by atoms with van der Waals surface area (Å²) in [6, 6.07) is 4.04. The Balaban J connectivity index is 2.20. The van der Waals surface area contributed by atoms with Crippen molar-refractivity contribution in [2.24, 2.45) is 0 Å². The highest BCUT2D eigenvalue weighted by Crippen LogP contribution is 2.40. The average Bonchev–Trinajstić information content (AvgIpc) is 3.20. The maximum Gasteiger partial charge on any atom is 0.168 e. The molecule has 0 N–H and O–H groups in total. The van der Waals surface area contributed by atoms with Crippen LogP contribution in [-0.4, -0.2) is 9.97 Å². The third-order valence-electron chi connectivity index (χ3n) is 3.25. The van der Waals surface area contributed by atoms with Gasteiger partial charge >= 0.3 is 0 Å². The second-order valence-corrected chi connectivity index (χ2v) is 5.08. The molecule has 2 aromatic rings. The Hall–Kier alpha value is -1.55. The topological polar surface area (TPSA) is 25.8 Å². The Labute approximate surface area is 114 Å². The van der Waals surface area contributed by atoms with Gasteiger partial charge in [-0.1, -0.05) is 17.7 Å². The van der Waals surface area contributed by atoms with E-state index >= 15 is 0 Å². The molecule has 0 atom stereocenters. The summed E-state index contributed by atoms with van der Waals surface area (Å²) in [5.74, 6) is -0.871. The molecule has 0 radical (unpaired) electrons. The Morgan fingerprint density at radius 2 is 1.95 bits per heavy atom. The van der Waals surface area contributed by atoms with E-state index in [0.29, 0.717) is 28.2 Å². The molecule has 1 fully saturated rings. The molecule has 0 saturated heterocycles. The van der Waals surface area contributed by atoms with Gasteiger partial charge in [-0.3, -0.25) is 0 Å². The highest BCUT2D eigenvalue weighted by molar-refractivity contribution is 6.30. The first-order valence-electron chi connectivity index (χ1n) is 6.06. The van der Waals surface area contributed by atoms with Crippen molar-refractivity contribution in [2.45, 2.75) is 25.7 Å². The number of aromatic nitrogens is 2. The smallest absolute Gasteiger partial charge is 0.168 e. The second-order valence-electron chi connectivity index (χ2n) is 4.72. The predicted molar refractivity (Wildman–Crippen MR) is 69.1 cm³/mol. The van der Waals surface area contributed by atoms with Crippen molar-refractivity contribution in [3.63, 3.8) is 0 Å². The molecule has 0 aliphatic heterocycles. The molecule has 2 nitrogen and oxygen atoms in total. The maximum absolute atomic E-state index is 13.9. The van der Waals surface area contributed by atoms with Crippen LogP contribution in [-0.2, 0) is 0 Å². The molecule has 1 aliphatic rings. The minimum atomic E-state index is -0.901. The highest BCUT2D eigenvalue weighted by Gasteiger charge is 2.28. The van der Waals surface area contributed by atoms with Crippen LogP contribution in [0.4, 0.5) is 8.78 Å². The fourth-order valence-electron chi connectivity index (χ4n) is 1.98. The molecular formula is C14H11ClF2N2. The van der Waals surface area contributed by atoms with Gasteiger partial charge in [-0.25, -0.2) is 18.7 Å². The molecular weight excluding hydrogens is 270 g/mol. The molecule has 98 valence electrons. The van der Waals surface area contributed by atoms with E-state index in [1.807, 2.05) is 0 Å². The normalized spacial score (nSPS) is 14.7. The molecule has 1 aromatic carbocycles. The summed E-state index contributed by atoms with van der Waals surface area (Å²) in [6.07, 6.45) is 2.04. The number of benzene rings is 1. The van der Waals surface area contributed by atoms with E-state index in [1.165, 1.54) is 12.1 Å². The summed E-state index contributed by atoms with van der Waals surface area (Å²) in [5.41, 5.74) is 1.07. The van der Waals surface area contributed by atoms with Crippen molar-refractivity contribution in [1.82, 2.24) is 9.97 Å². The van der Waals surface area contributed by atoms with E-state index < -0.39 is 11.6 Å². The van der Waals surface area contributed by atoms with Crippen LogP contribution in [0.5, 0.6) is 0 Å². The number of hydrogen-bond donors (Lipinski definition) is 0. The lowest BCUT2D eigenvalue weighted by Gasteiger charge is -2.10. The molecule has 0 bridgehead atoms. The van der Waals surface area contributed by atoms with Gasteiger partial charge in [0.2, 0.25) is 0 Å². The van der Waals surface area contributed by atoms with E-state index in [-0.39, 0.29) is 5.56 Å². The van der Waals surface area contributed by atoms with Crippen LogP contribution >= 0.6 is 11.6 Å². The second kappa shape index (κ2) is 4.53. The molecule has 19 heavy (non-hydrogen) atoms. The van der Waals surface area contributed by atoms with Crippen LogP contribution in [0.15, 0.2) is 18.2 Å². The monoisotopic (exact) mass is 280 g/mol. The zero-order chi connectivity index (χ0) is 13.6. The Morgan fingerprint density at radius 3 is 2.63 bits per heavy atom. The van der Waals surface area contributed by atoms with Crippen molar-refractivity contribution in [1.29, 1.82) is 0 Å². The standard InChI is InChI=1S/C14H11ClF2N2/c1-7-12(9-3-2-4-10(16)11(9)17)18-14(8-5-6-8)19-13(7)15/h2-4,8H,5-6H2,1H3. The molecule has 1 heterocycles. The molecule has 0 spiro atoms. The lowest BCUT2D eigenvalue weighted by Crippen LogP contribution is -2.01. The summed E-state index contributed by atoms with van der Waals surface area (Å²) >= 11 is 6.07. The summed E-state index contributed by atoms with van der Waals surface area (Å²) in [7, 11) is 0. The molecule has 1 aliphatic carbocycles. The van der Waals surface area contributed by atoms with Gasteiger partial charge < -0.3 is 0 Å². The van der Waals surface area contributed by atoms with Gasteiger partial charge in [-0.05, 0) is 31.9 Å². The Morgan fingerprint density at radius 1 is 1.21 bits per heavy atom. The van der Waals surface area contributed by atoms with Gasteiger partial charge in [-0.15, -0.1) is 0 Å². The number of halogens is 3. The first-order valence-corrected chi connectivity index (χ1v) is 6.44. The quantitative estimate of drug-likeness (QED) is 0.768. The fourth-order valence-corrected chi connectivity index (χ4v) is 2.15. The summed E-state index contributed by atoms with van der Waals surface area (Å²) in [4.78, 5) is 8.58. The van der Waals surface area contributed by atoms with Crippen molar-refractivity contribution >= 4 is 11.6 Å². The maximum atomic E-state index is 13.9. The van der Waals surface area contributed by atoms with Gasteiger partial charge in [-0.2, -0.15) is 0 Å². The minimum absolute atomic E-state index is 0.128. The molecule has 3 rings (SSSR count). The van der Waals surface area contributed by atoms with E-state index in [9.17, 15) is 8.78 Å². The molecule has 1 aromatic heterocycles. The van der Waals surface area contributed by atoms with Crippen molar-refractivity contribution in [3.8, 4) is 11.3 Å². The van der Waals surface area contributed by atoms with Crippen LogP contribution in [0.3, 0.4) is 0 Å². The third-order valence-corrected chi connectivity index (χ3v) is 3.62. The Kier molecular flexibility index (Phi) is 2.97. The van der Waals surface area contributed by atoms with E-state index in [4.69, 9.17) is 11.6 Å². The molecule has 1 saturated carbocycles. The largest absolute Gasteiger partial charge is 0.232 e. The molecule has 0 unspecified atom stereocenters. The van der Waals surface area contributed by atoms with Crippen molar-refractivity contribution < 1.29 is 8.78 Å². The minimum Gasteiger partial charge on any atom is -0.232 e. The lowest BCUT2D eigenvalue weighted by atomic mass is 10.1. The lowest BCUT2D eigenvalue weighted by molar-refractivity contribution is 0.511. The van der Waals surface area contributed by atoms with Gasteiger partial charge in [0, 0.05) is 17.0 Å². The van der Waals surface area contributed by atoms with Crippen LogP contribution in [0.25, 0.3) is 11.3 Å². The fraction of sp³-hybridized carbons (Fsp3) is 0.286. The first-order chi connectivity index (χ1) is 9.08. The zero-order valence-electron chi connectivity index (χ0n) is 10.3. The summed E-state index contributed by atoms with van der Waals surface area (Å²) < 4.78 is 27.2. The Bertz CT molecular complexity index is 654. The summed E-state index contributed by atoms with van der Waals surface area (Å²) in [5, 5.41) is 0.301. The average molecular weight is 281 g/mol. The predicted octanol–water partition coefficient (Wildman–Crippen LogP) is 4.26. The van der Waals surface area contributed by atoms with Crippen molar-refractivity contribution in [2.75, 3.05) is 0 Å². The van der Waals surface area contributed by atoms with Gasteiger partial charge in [0.25, 0.3) is 0 Å². The van der Waals surface area contributed by atoms with Gasteiger partial charge in [0.05, 0.1) is 5.69 Å². The van der Waals surface area contributed by atoms with E-state index in [2.05, 4.69) is 9.97 Å². The molecule has 0 amide bonds. The van der Waals surface area contributed by atoms with E-state index in [0.717, 1.165) is 18.9 Å².